The first kappa shape index (κ1) is 114. The number of likely N-dealkylation sites (tertiary alicyclic amines) is 1. The van der Waals surface area contributed by atoms with Gasteiger partial charge in [-0.3, -0.25) is 38.2 Å². The maximum absolute atomic E-state index is 17.1. The number of nitrogens with zero attached hydrogens (tertiary/aromatic N) is 2. The van der Waals surface area contributed by atoms with E-state index >= 15 is 18.9 Å². The third kappa shape index (κ3) is 54.1. The molecule has 127 heavy (non-hydrogen) atoms. The van der Waals surface area contributed by atoms with Crippen molar-refractivity contribution in [1.29, 1.82) is 0 Å². The summed E-state index contributed by atoms with van der Waals surface area (Å²) >= 11 is 0. The first-order valence-electron chi connectivity index (χ1n) is 53.2. The summed E-state index contributed by atoms with van der Waals surface area (Å²) in [5.74, 6) is -4.10. The Labute approximate surface area is 774 Å². The number of unbranched alkanes of at least 4 members (excludes halogenated alkanes) is 54. The van der Waals surface area contributed by atoms with Crippen molar-refractivity contribution in [3.05, 3.63) is 60.7 Å². The molecule has 4 rings (SSSR count). The van der Waals surface area contributed by atoms with Crippen LogP contribution >= 0.6 is 7.82 Å². The summed E-state index contributed by atoms with van der Waals surface area (Å²) < 4.78 is 69.3. The van der Waals surface area contributed by atoms with Gasteiger partial charge in [-0.15, -0.1) is 0 Å². The molecule has 0 radical (unpaired) electrons. The summed E-state index contributed by atoms with van der Waals surface area (Å²) in [4.78, 5) is 96.9. The summed E-state index contributed by atoms with van der Waals surface area (Å²) in [6.45, 7) is 12.7. The molecule has 2 aliphatic heterocycles. The van der Waals surface area contributed by atoms with Gasteiger partial charge in [0, 0.05) is 25.8 Å². The van der Waals surface area contributed by atoms with Crippen molar-refractivity contribution in [2.45, 2.75) is 546 Å². The fourth-order valence-corrected chi connectivity index (χ4v) is 19.8. The van der Waals surface area contributed by atoms with Gasteiger partial charge in [-0.05, 0) is 108 Å². The van der Waals surface area contributed by atoms with Crippen LogP contribution in [0.25, 0.3) is 0 Å². The summed E-state index contributed by atoms with van der Waals surface area (Å²) in [5.41, 5.74) is -2.60. The summed E-state index contributed by atoms with van der Waals surface area (Å²) in [7, 11) is -5.19. The lowest BCUT2D eigenvalue weighted by molar-refractivity contribution is -0.305. The van der Waals surface area contributed by atoms with Crippen LogP contribution in [0.15, 0.2) is 60.7 Å². The number of rotatable bonds is 86. The van der Waals surface area contributed by atoms with Gasteiger partial charge in [0.2, 0.25) is 11.8 Å². The van der Waals surface area contributed by atoms with Crippen molar-refractivity contribution >= 4 is 43.5 Å². The van der Waals surface area contributed by atoms with Gasteiger partial charge in [-0.25, -0.2) is 4.57 Å². The van der Waals surface area contributed by atoms with Crippen molar-refractivity contribution < 1.29 is 80.8 Å². The number of hydrogen-bond donors (Lipinski definition) is 2. The fourth-order valence-electron chi connectivity index (χ4n) is 18.4. The average molecular weight is 1800 g/mol. The lowest BCUT2D eigenvalue weighted by Gasteiger charge is -2.56. The van der Waals surface area contributed by atoms with Crippen LogP contribution < -0.4 is 9.05 Å². The summed E-state index contributed by atoms with van der Waals surface area (Å²) in [5, 5.41) is 25.8. The number of aliphatic hydroxyl groups is 2. The number of hydrogen-bond acceptors (Lipinski definition) is 18. The zero-order chi connectivity index (χ0) is 91.6. The van der Waals surface area contributed by atoms with Crippen LogP contribution in [0, 0.1) is 0 Å². The Balaban J connectivity index is 2.01. The second-order valence-corrected chi connectivity index (χ2v) is 39.2. The van der Waals surface area contributed by atoms with Gasteiger partial charge in [0.25, 0.3) is 0 Å². The van der Waals surface area contributed by atoms with Crippen LogP contribution in [0.3, 0.4) is 0 Å². The lowest BCUT2D eigenvalue weighted by Crippen LogP contribution is -2.79. The van der Waals surface area contributed by atoms with Crippen LogP contribution in [-0.4, -0.2) is 130 Å². The van der Waals surface area contributed by atoms with Crippen molar-refractivity contribution in [2.75, 3.05) is 26.2 Å². The van der Waals surface area contributed by atoms with E-state index in [1.165, 1.54) is 154 Å². The first-order chi connectivity index (χ1) is 62.1. The number of carbonyl (C=O) groups is 6. The number of esters is 4. The molecule has 0 aliphatic carbocycles. The molecule has 0 saturated carbocycles. The van der Waals surface area contributed by atoms with Gasteiger partial charge >= 0.3 is 31.7 Å². The van der Waals surface area contributed by atoms with E-state index in [1.54, 1.807) is 60.7 Å². The molecule has 2 heterocycles. The van der Waals surface area contributed by atoms with Gasteiger partial charge < -0.3 is 47.8 Å². The predicted octanol–water partition coefficient (Wildman–Crippen LogP) is 29.2. The molecule has 20 heteroatoms. The molecule has 0 bridgehead atoms. The molecule has 0 aromatic heterocycles. The zero-order valence-electron chi connectivity index (χ0n) is 81.7. The first-order valence-corrected chi connectivity index (χ1v) is 54.6. The van der Waals surface area contributed by atoms with Gasteiger partial charge in [0.15, 0.2) is 17.9 Å². The highest BCUT2D eigenvalue weighted by Crippen LogP contribution is 2.54. The minimum Gasteiger partial charge on any atom is -0.462 e. The quantitative estimate of drug-likeness (QED) is 0.0271. The van der Waals surface area contributed by atoms with E-state index in [1.807, 2.05) is 4.90 Å². The minimum atomic E-state index is -5.19. The number of phosphoric acid groups is 1. The van der Waals surface area contributed by atoms with Crippen LogP contribution in [0.1, 0.15) is 497 Å². The summed E-state index contributed by atoms with van der Waals surface area (Å²) in [6.07, 6.45) is 53.0. The molecule has 2 fully saturated rings. The Morgan fingerprint density at radius 3 is 0.937 bits per heavy atom. The van der Waals surface area contributed by atoms with Gasteiger partial charge in [-0.2, -0.15) is 0 Å². The van der Waals surface area contributed by atoms with Crippen molar-refractivity contribution in [1.82, 2.24) is 9.80 Å². The van der Waals surface area contributed by atoms with E-state index in [0.29, 0.717) is 70.9 Å². The second kappa shape index (κ2) is 76.5. The van der Waals surface area contributed by atoms with E-state index in [0.717, 1.165) is 198 Å². The van der Waals surface area contributed by atoms with Crippen molar-refractivity contribution in [3.63, 3.8) is 0 Å². The minimum absolute atomic E-state index is 0.0457. The zero-order valence-corrected chi connectivity index (χ0v) is 82.6. The van der Waals surface area contributed by atoms with E-state index in [4.69, 9.17) is 37.3 Å². The van der Waals surface area contributed by atoms with Crippen molar-refractivity contribution in [2.24, 2.45) is 0 Å². The van der Waals surface area contributed by atoms with Gasteiger partial charge in [0.05, 0.1) is 25.9 Å². The summed E-state index contributed by atoms with van der Waals surface area (Å²) in [6, 6.07) is 16.4. The topological polar surface area (TPSA) is 240 Å². The average Bonchev–Trinajstić information content (AvgIpc) is 1.24. The maximum atomic E-state index is 17.1. The molecular formula is C107H187N2O17P. The normalized spacial score (nSPS) is 17.3. The number of phosphoric ester groups is 1. The van der Waals surface area contributed by atoms with Crippen LogP contribution in [0.4, 0.5) is 0 Å². The van der Waals surface area contributed by atoms with Gasteiger partial charge in [0.1, 0.15) is 42.0 Å². The third-order valence-corrected chi connectivity index (χ3v) is 27.4. The molecular weight excluding hydrogens is 1620 g/mol. The molecule has 732 valence electrons. The standard InChI is InChI=1S/C107H187N2O17P/c1-7-13-19-25-31-37-40-46-52-58-70-82-100(113)119-94(79-63-55-49-43-34-28-22-16-10-4)87-98(111)109(99(112)88-95(80-64-56-50-44-35-29-23-17-11-5)120-101(114)83-71-59-53-47-41-38-32-26-20-14-8-2)107(91-108-85-73-74-86-108)105(104(97(90-110)122-106(107)117)126-127(118,124-92-75-66-61-67-76-92)125-93-77-68-62-69-78-93)123-103(116)89-96(81-65-57-51-45-36-30-24-18-12-6)121-102(115)84-72-60-54-48-42-39-33-27-21-15-9-3/h61-62,66-69,75-78,94-97,104-106,110,117H,7-60,63-65,70-74,79-91H2,1-6H3/t94-,95-,96-,97-,104-,105+,106+,107?/m1/s1. The molecule has 0 spiro atoms. The van der Waals surface area contributed by atoms with E-state index in [-0.39, 0.29) is 43.6 Å². The SMILES string of the molecule is CCCCCCCCCCCCCC(=O)O[C@H](CCCCCCCCCCC)CC(=O)O[C@H]1[C@H](OP(=O)(Oc2ccccc2)Oc2ccccc2)[C@@H](CO)O[C@H](O)C1(CN1CCCC1)N(C(=O)C[C@@H](CCCCCCCCCCC)OC(=O)CCCCCCCCCCCCC)C(=O)C[C@@H](CCCCCCCCCCC)OC(=O)CCCCCCCCCCCCC. The highest BCUT2D eigenvalue weighted by molar-refractivity contribution is 7.49. The number of benzene rings is 2. The maximum Gasteiger partial charge on any atom is 0.588 e. The molecule has 19 nitrogen and oxygen atoms in total. The number of aliphatic hydroxyl groups excluding tert-OH is 2. The Morgan fingerprint density at radius 2 is 0.654 bits per heavy atom. The molecule has 2 amide bonds. The second-order valence-electron chi connectivity index (χ2n) is 37.7. The highest BCUT2D eigenvalue weighted by atomic mass is 31.2. The molecule has 2 aromatic rings. The number of para-hydroxylation sites is 2. The highest BCUT2D eigenvalue weighted by Gasteiger charge is 2.66. The molecule has 2 saturated heterocycles. The number of amides is 2. The fraction of sp³-hybridized carbons (Fsp3) is 0.832. The van der Waals surface area contributed by atoms with Crippen LogP contribution in [-0.2, 0) is 61.5 Å². The third-order valence-electron chi connectivity index (χ3n) is 26.0. The predicted molar refractivity (Wildman–Crippen MR) is 517 cm³/mol. The Morgan fingerprint density at radius 1 is 0.386 bits per heavy atom. The smallest absolute Gasteiger partial charge is 0.462 e. The van der Waals surface area contributed by atoms with Crippen LogP contribution in [0.2, 0.25) is 0 Å². The van der Waals surface area contributed by atoms with Gasteiger partial charge in [-0.1, -0.05) is 425 Å². The molecule has 2 aromatic carbocycles. The molecule has 2 aliphatic rings. The van der Waals surface area contributed by atoms with E-state index in [2.05, 4.69) is 41.5 Å². The van der Waals surface area contributed by atoms with Crippen molar-refractivity contribution in [3.8, 4) is 11.5 Å². The Hall–Kier alpha value is -4.91. The lowest BCUT2D eigenvalue weighted by atomic mass is 9.79. The van der Waals surface area contributed by atoms with E-state index < -0.39 is 124 Å². The molecule has 1 unspecified atom stereocenters. The Kier molecular flexibility index (Phi) is 68.9. The van der Waals surface area contributed by atoms with Crippen LogP contribution in [0.5, 0.6) is 11.5 Å². The number of imide groups is 1. The Bertz CT molecular complexity index is 2920. The largest absolute Gasteiger partial charge is 0.588 e. The van der Waals surface area contributed by atoms with E-state index in [9.17, 15) is 24.6 Å². The number of carbonyl (C=O) groups excluding carboxylic acids is 6. The molecule has 2 N–H and O–H groups in total. The monoisotopic (exact) mass is 1800 g/mol. The molecule has 8 atom stereocenters. The number of ether oxygens (including phenoxy) is 5.